The topological polar surface area (TPSA) is 76.7 Å². The van der Waals surface area contributed by atoms with Gasteiger partial charge in [0, 0.05) is 12.8 Å². The predicted molar refractivity (Wildman–Crippen MR) is 122 cm³/mol. The Kier molecular flexibility index (Phi) is 10.3. The standard InChI is InChI=1S/C24H30N2O4.ClH/c1-29-24(28)22(26-23(27)16-19-11-13-25-14-12-19)15-18-7-9-21(10-8-18)30-17-20-5-3-2-4-6-20;/h2-10,19,22,25H,11-17H2,1H3,(H,26,27);1H/t22-;/m0./s1. The van der Waals surface area contributed by atoms with Gasteiger partial charge in [-0.1, -0.05) is 42.5 Å². The lowest BCUT2D eigenvalue weighted by atomic mass is 9.94. The fraction of sp³-hybridized carbons (Fsp3) is 0.417. The van der Waals surface area contributed by atoms with Crippen molar-refractivity contribution in [3.05, 3.63) is 65.7 Å². The molecular weight excluding hydrogens is 416 g/mol. The van der Waals surface area contributed by atoms with E-state index in [1.807, 2.05) is 54.6 Å². The van der Waals surface area contributed by atoms with Crippen LogP contribution >= 0.6 is 12.4 Å². The van der Waals surface area contributed by atoms with Crippen LogP contribution < -0.4 is 15.4 Å². The first-order valence-corrected chi connectivity index (χ1v) is 10.5. The zero-order valence-corrected chi connectivity index (χ0v) is 18.7. The van der Waals surface area contributed by atoms with Crippen LogP contribution in [0.1, 0.15) is 30.4 Å². The van der Waals surface area contributed by atoms with Crippen molar-refractivity contribution >= 4 is 24.3 Å². The molecule has 1 aliphatic heterocycles. The third kappa shape index (κ3) is 8.23. The van der Waals surface area contributed by atoms with Gasteiger partial charge in [0.15, 0.2) is 0 Å². The smallest absolute Gasteiger partial charge is 0.328 e. The van der Waals surface area contributed by atoms with Crippen molar-refractivity contribution in [3.63, 3.8) is 0 Å². The Bertz CT molecular complexity index is 808. The number of hydrogen-bond acceptors (Lipinski definition) is 5. The van der Waals surface area contributed by atoms with Crippen LogP contribution in [0.15, 0.2) is 54.6 Å². The van der Waals surface area contributed by atoms with Gasteiger partial charge in [0.25, 0.3) is 0 Å². The van der Waals surface area contributed by atoms with Crippen LogP contribution in [0.2, 0.25) is 0 Å². The summed E-state index contributed by atoms with van der Waals surface area (Å²) in [5.74, 6) is 0.593. The average Bonchev–Trinajstić information content (AvgIpc) is 2.79. The van der Waals surface area contributed by atoms with Crippen LogP contribution in [-0.2, 0) is 27.4 Å². The highest BCUT2D eigenvalue weighted by Crippen LogP contribution is 2.17. The summed E-state index contributed by atoms with van der Waals surface area (Å²) in [7, 11) is 1.34. The Morgan fingerprint density at radius 2 is 1.71 bits per heavy atom. The van der Waals surface area contributed by atoms with E-state index in [0.717, 1.165) is 42.8 Å². The lowest BCUT2D eigenvalue weighted by Gasteiger charge is -2.23. The molecule has 3 rings (SSSR count). The lowest BCUT2D eigenvalue weighted by molar-refractivity contribution is -0.145. The highest BCUT2D eigenvalue weighted by atomic mass is 35.5. The zero-order chi connectivity index (χ0) is 21.2. The second-order valence-corrected chi connectivity index (χ2v) is 7.66. The van der Waals surface area contributed by atoms with Crippen molar-refractivity contribution in [1.29, 1.82) is 0 Å². The van der Waals surface area contributed by atoms with Gasteiger partial charge in [-0.25, -0.2) is 4.79 Å². The number of nitrogens with one attached hydrogen (secondary N) is 2. The molecule has 2 aromatic carbocycles. The van der Waals surface area contributed by atoms with E-state index in [9.17, 15) is 9.59 Å². The summed E-state index contributed by atoms with van der Waals surface area (Å²) in [6.07, 6.45) is 2.80. The first kappa shape index (κ1) is 24.7. The zero-order valence-electron chi connectivity index (χ0n) is 17.8. The van der Waals surface area contributed by atoms with E-state index in [1.165, 1.54) is 7.11 Å². The number of carbonyl (C=O) groups is 2. The van der Waals surface area contributed by atoms with Gasteiger partial charge in [-0.15, -0.1) is 12.4 Å². The lowest BCUT2D eigenvalue weighted by Crippen LogP contribution is -2.44. The molecule has 1 saturated heterocycles. The van der Waals surface area contributed by atoms with Crippen molar-refractivity contribution in [2.75, 3.05) is 20.2 Å². The summed E-state index contributed by atoms with van der Waals surface area (Å²) >= 11 is 0. The number of benzene rings is 2. The highest BCUT2D eigenvalue weighted by Gasteiger charge is 2.24. The number of halogens is 1. The monoisotopic (exact) mass is 446 g/mol. The number of amides is 1. The molecule has 1 amide bonds. The van der Waals surface area contributed by atoms with Crippen LogP contribution in [-0.4, -0.2) is 38.1 Å². The summed E-state index contributed by atoms with van der Waals surface area (Å²) in [5.41, 5.74) is 2.03. The van der Waals surface area contributed by atoms with Gasteiger partial charge in [-0.2, -0.15) is 0 Å². The Morgan fingerprint density at radius 1 is 1.03 bits per heavy atom. The van der Waals surface area contributed by atoms with Crippen LogP contribution in [0.3, 0.4) is 0 Å². The van der Waals surface area contributed by atoms with Crippen molar-refractivity contribution in [1.82, 2.24) is 10.6 Å². The van der Waals surface area contributed by atoms with E-state index < -0.39 is 12.0 Å². The average molecular weight is 447 g/mol. The van der Waals surface area contributed by atoms with Gasteiger partial charge in [0.1, 0.15) is 18.4 Å². The number of rotatable bonds is 9. The van der Waals surface area contributed by atoms with Gasteiger partial charge in [0.05, 0.1) is 7.11 Å². The molecule has 168 valence electrons. The van der Waals surface area contributed by atoms with E-state index >= 15 is 0 Å². The minimum absolute atomic E-state index is 0. The molecule has 1 fully saturated rings. The normalized spacial score (nSPS) is 14.7. The molecule has 2 aromatic rings. The molecule has 0 saturated carbocycles. The number of hydrogen-bond donors (Lipinski definition) is 2. The molecular formula is C24H31ClN2O4. The molecule has 1 aliphatic rings. The molecule has 7 heteroatoms. The van der Waals surface area contributed by atoms with Crippen LogP contribution in [0.5, 0.6) is 5.75 Å². The SMILES string of the molecule is COC(=O)[C@H](Cc1ccc(OCc2ccccc2)cc1)NC(=O)CC1CCNCC1.Cl. The summed E-state index contributed by atoms with van der Waals surface area (Å²) < 4.78 is 10.7. The molecule has 0 aliphatic carbocycles. The largest absolute Gasteiger partial charge is 0.489 e. The summed E-state index contributed by atoms with van der Waals surface area (Å²) in [6.45, 7) is 2.38. The van der Waals surface area contributed by atoms with E-state index in [2.05, 4.69) is 10.6 Å². The molecule has 0 radical (unpaired) electrons. The van der Waals surface area contributed by atoms with Gasteiger partial charge in [-0.3, -0.25) is 4.79 Å². The molecule has 0 aromatic heterocycles. The summed E-state index contributed by atoms with van der Waals surface area (Å²) in [6, 6.07) is 16.9. The molecule has 1 heterocycles. The van der Waals surface area contributed by atoms with E-state index in [1.54, 1.807) is 0 Å². The van der Waals surface area contributed by atoms with Crippen molar-refractivity contribution in [2.24, 2.45) is 5.92 Å². The second kappa shape index (κ2) is 13.0. The number of esters is 1. The minimum Gasteiger partial charge on any atom is -0.489 e. The predicted octanol–water partition coefficient (Wildman–Crippen LogP) is 3.28. The Labute approximate surface area is 190 Å². The molecule has 0 spiro atoms. The van der Waals surface area contributed by atoms with Gasteiger partial charge in [0.2, 0.25) is 5.91 Å². The first-order chi connectivity index (χ1) is 14.6. The maximum Gasteiger partial charge on any atom is 0.328 e. The summed E-state index contributed by atoms with van der Waals surface area (Å²) in [5, 5.41) is 6.16. The number of ether oxygens (including phenoxy) is 2. The van der Waals surface area contributed by atoms with Crippen LogP contribution in [0.4, 0.5) is 0 Å². The molecule has 31 heavy (non-hydrogen) atoms. The molecule has 0 unspecified atom stereocenters. The van der Waals surface area contributed by atoms with Crippen LogP contribution in [0, 0.1) is 5.92 Å². The molecule has 6 nitrogen and oxygen atoms in total. The third-order valence-electron chi connectivity index (χ3n) is 5.37. The quantitative estimate of drug-likeness (QED) is 0.578. The fourth-order valence-corrected chi connectivity index (χ4v) is 3.64. The maximum atomic E-state index is 12.4. The van der Waals surface area contributed by atoms with E-state index in [4.69, 9.17) is 9.47 Å². The van der Waals surface area contributed by atoms with Crippen molar-refractivity contribution in [2.45, 2.75) is 38.3 Å². The van der Waals surface area contributed by atoms with Crippen LogP contribution in [0.25, 0.3) is 0 Å². The number of carbonyl (C=O) groups excluding carboxylic acids is 2. The molecule has 1 atom stereocenters. The highest BCUT2D eigenvalue weighted by molar-refractivity contribution is 5.85. The number of methoxy groups -OCH3 is 1. The minimum atomic E-state index is -0.694. The Hall–Kier alpha value is -2.57. The second-order valence-electron chi connectivity index (χ2n) is 7.66. The fourth-order valence-electron chi connectivity index (χ4n) is 3.64. The molecule has 0 bridgehead atoms. The Morgan fingerprint density at radius 3 is 2.35 bits per heavy atom. The van der Waals surface area contributed by atoms with Gasteiger partial charge >= 0.3 is 5.97 Å². The third-order valence-corrected chi connectivity index (χ3v) is 5.37. The van der Waals surface area contributed by atoms with Crippen molar-refractivity contribution < 1.29 is 19.1 Å². The van der Waals surface area contributed by atoms with Gasteiger partial charge < -0.3 is 20.1 Å². The van der Waals surface area contributed by atoms with Gasteiger partial charge in [-0.05, 0) is 55.1 Å². The van der Waals surface area contributed by atoms with E-state index in [-0.39, 0.29) is 18.3 Å². The number of piperidine rings is 1. The summed E-state index contributed by atoms with van der Waals surface area (Å²) in [4.78, 5) is 24.6. The van der Waals surface area contributed by atoms with Crippen molar-refractivity contribution in [3.8, 4) is 5.75 Å². The molecule has 2 N–H and O–H groups in total. The van der Waals surface area contributed by atoms with E-state index in [0.29, 0.717) is 25.4 Å². The Balaban J connectivity index is 0.00000341. The maximum absolute atomic E-state index is 12.4. The first-order valence-electron chi connectivity index (χ1n) is 10.5.